The lowest BCUT2D eigenvalue weighted by Crippen LogP contribution is -1.86. The SMILES string of the molecule is Fc1cc(Cl)nnc1Cl. The monoisotopic (exact) mass is 166 g/mol. The minimum atomic E-state index is -0.656. The summed E-state index contributed by atoms with van der Waals surface area (Å²) < 4.78 is 12.3. The van der Waals surface area contributed by atoms with Crippen LogP contribution in [0.15, 0.2) is 6.07 Å². The lowest BCUT2D eigenvalue weighted by Gasteiger charge is -1.88. The minimum Gasteiger partial charge on any atom is -0.203 e. The van der Waals surface area contributed by atoms with Gasteiger partial charge in [-0.05, 0) is 0 Å². The van der Waals surface area contributed by atoms with Crippen molar-refractivity contribution in [3.8, 4) is 0 Å². The fourth-order valence-corrected chi connectivity index (χ4v) is 0.558. The topological polar surface area (TPSA) is 25.8 Å². The van der Waals surface area contributed by atoms with Gasteiger partial charge in [-0.3, -0.25) is 0 Å². The summed E-state index contributed by atoms with van der Waals surface area (Å²) in [5, 5.41) is 6.20. The molecule has 0 unspecified atom stereocenters. The Labute approximate surface area is 60.6 Å². The van der Waals surface area contributed by atoms with E-state index in [9.17, 15) is 4.39 Å². The number of aromatic nitrogens is 2. The van der Waals surface area contributed by atoms with Crippen molar-refractivity contribution in [2.24, 2.45) is 0 Å². The van der Waals surface area contributed by atoms with E-state index in [1.165, 1.54) is 0 Å². The van der Waals surface area contributed by atoms with Crippen LogP contribution in [0.25, 0.3) is 0 Å². The van der Waals surface area contributed by atoms with Crippen molar-refractivity contribution in [1.29, 1.82) is 0 Å². The molecular formula is C4HCl2FN2. The van der Waals surface area contributed by atoms with Gasteiger partial charge in [0.15, 0.2) is 16.1 Å². The Bertz CT molecular complexity index is 228. The normalized spacial score (nSPS) is 9.67. The third-order valence-corrected chi connectivity index (χ3v) is 1.12. The molecule has 0 fully saturated rings. The Morgan fingerprint density at radius 3 is 2.44 bits per heavy atom. The molecule has 48 valence electrons. The molecule has 0 saturated heterocycles. The van der Waals surface area contributed by atoms with Gasteiger partial charge in [0, 0.05) is 6.07 Å². The Balaban J connectivity index is 3.17. The molecule has 0 saturated carbocycles. The van der Waals surface area contributed by atoms with Crippen molar-refractivity contribution in [2.75, 3.05) is 0 Å². The van der Waals surface area contributed by atoms with Crippen LogP contribution in [0.3, 0.4) is 0 Å². The molecule has 0 aromatic carbocycles. The second-order valence-corrected chi connectivity index (χ2v) is 2.05. The van der Waals surface area contributed by atoms with Gasteiger partial charge in [0.25, 0.3) is 0 Å². The number of hydrogen-bond acceptors (Lipinski definition) is 2. The number of halogens is 3. The summed E-state index contributed by atoms with van der Waals surface area (Å²) in [4.78, 5) is 0. The Hall–Kier alpha value is -0.410. The highest BCUT2D eigenvalue weighted by Gasteiger charge is 2.00. The molecule has 0 atom stereocenters. The van der Waals surface area contributed by atoms with E-state index in [1.807, 2.05) is 0 Å². The van der Waals surface area contributed by atoms with Crippen LogP contribution in [0.1, 0.15) is 0 Å². The maximum absolute atomic E-state index is 12.3. The molecule has 0 bridgehead atoms. The zero-order chi connectivity index (χ0) is 6.85. The van der Waals surface area contributed by atoms with E-state index in [0.29, 0.717) is 0 Å². The van der Waals surface area contributed by atoms with Gasteiger partial charge in [-0.1, -0.05) is 23.2 Å². The van der Waals surface area contributed by atoms with E-state index in [4.69, 9.17) is 23.2 Å². The van der Waals surface area contributed by atoms with E-state index in [2.05, 4.69) is 10.2 Å². The summed E-state index contributed by atoms with van der Waals surface area (Å²) in [6.45, 7) is 0. The van der Waals surface area contributed by atoms with Crippen molar-refractivity contribution in [3.05, 3.63) is 22.2 Å². The average molecular weight is 167 g/mol. The van der Waals surface area contributed by atoms with Crippen molar-refractivity contribution in [1.82, 2.24) is 10.2 Å². The van der Waals surface area contributed by atoms with Gasteiger partial charge in [-0.2, -0.15) is 0 Å². The van der Waals surface area contributed by atoms with Crippen LogP contribution in [-0.4, -0.2) is 10.2 Å². The molecule has 0 spiro atoms. The smallest absolute Gasteiger partial charge is 0.187 e. The molecule has 0 aliphatic carbocycles. The third-order valence-electron chi connectivity index (χ3n) is 0.676. The zero-order valence-corrected chi connectivity index (χ0v) is 5.62. The lowest BCUT2D eigenvalue weighted by molar-refractivity contribution is 0.615. The van der Waals surface area contributed by atoms with Crippen molar-refractivity contribution >= 4 is 23.2 Å². The van der Waals surface area contributed by atoms with Crippen LogP contribution < -0.4 is 0 Å². The highest BCUT2D eigenvalue weighted by molar-refractivity contribution is 6.31. The van der Waals surface area contributed by atoms with Crippen LogP contribution in [0.2, 0.25) is 10.3 Å². The molecule has 1 rings (SSSR count). The molecule has 0 radical (unpaired) electrons. The lowest BCUT2D eigenvalue weighted by atomic mass is 10.6. The van der Waals surface area contributed by atoms with Crippen molar-refractivity contribution in [3.63, 3.8) is 0 Å². The predicted molar refractivity (Wildman–Crippen MR) is 32.0 cm³/mol. The highest BCUT2D eigenvalue weighted by Crippen LogP contribution is 2.11. The average Bonchev–Trinajstić information content (AvgIpc) is 1.80. The molecule has 0 N–H and O–H groups in total. The first-order chi connectivity index (χ1) is 4.20. The summed E-state index contributed by atoms with van der Waals surface area (Å²) in [7, 11) is 0. The second kappa shape index (κ2) is 2.45. The van der Waals surface area contributed by atoms with Crippen LogP contribution in [0.4, 0.5) is 4.39 Å². The first kappa shape index (κ1) is 6.71. The van der Waals surface area contributed by atoms with E-state index < -0.39 is 5.82 Å². The highest BCUT2D eigenvalue weighted by atomic mass is 35.5. The molecule has 1 aromatic rings. The summed E-state index contributed by atoms with van der Waals surface area (Å²) in [5.41, 5.74) is 0. The second-order valence-electron chi connectivity index (χ2n) is 1.31. The van der Waals surface area contributed by atoms with Gasteiger partial charge in [-0.25, -0.2) is 4.39 Å². The molecule has 5 heteroatoms. The maximum Gasteiger partial charge on any atom is 0.187 e. The van der Waals surface area contributed by atoms with Gasteiger partial charge >= 0.3 is 0 Å². The van der Waals surface area contributed by atoms with Gasteiger partial charge in [0.05, 0.1) is 0 Å². The molecule has 0 aliphatic rings. The molecule has 9 heavy (non-hydrogen) atoms. The molecular weight excluding hydrogens is 166 g/mol. The van der Waals surface area contributed by atoms with Crippen LogP contribution in [-0.2, 0) is 0 Å². The molecule has 0 aliphatic heterocycles. The van der Waals surface area contributed by atoms with E-state index in [-0.39, 0.29) is 10.3 Å². The van der Waals surface area contributed by atoms with Gasteiger partial charge in [-0.15, -0.1) is 10.2 Å². The quantitative estimate of drug-likeness (QED) is 0.589. The summed E-state index contributed by atoms with van der Waals surface area (Å²) in [5.74, 6) is -0.656. The summed E-state index contributed by atoms with van der Waals surface area (Å²) in [6, 6.07) is 0.997. The molecule has 2 nitrogen and oxygen atoms in total. The molecule has 1 aromatic heterocycles. The first-order valence-corrected chi connectivity index (χ1v) is 2.80. The van der Waals surface area contributed by atoms with Crippen LogP contribution >= 0.6 is 23.2 Å². The fourth-order valence-electron chi connectivity index (χ4n) is 0.332. The molecule has 0 amide bonds. The van der Waals surface area contributed by atoms with E-state index in [1.54, 1.807) is 0 Å². The number of hydrogen-bond donors (Lipinski definition) is 0. The summed E-state index contributed by atoms with van der Waals surface area (Å²) >= 11 is 10.4. The predicted octanol–water partition coefficient (Wildman–Crippen LogP) is 1.92. The Kier molecular flexibility index (Phi) is 1.83. The number of rotatable bonds is 0. The number of nitrogens with zero attached hydrogens (tertiary/aromatic N) is 2. The van der Waals surface area contributed by atoms with Crippen molar-refractivity contribution < 1.29 is 4.39 Å². The minimum absolute atomic E-state index is 0.00287. The fraction of sp³-hybridized carbons (Fsp3) is 0. The van der Waals surface area contributed by atoms with E-state index >= 15 is 0 Å². The summed E-state index contributed by atoms with van der Waals surface area (Å²) in [6.07, 6.45) is 0. The molecule has 1 heterocycles. The van der Waals surface area contributed by atoms with Gasteiger partial charge < -0.3 is 0 Å². The maximum atomic E-state index is 12.3. The van der Waals surface area contributed by atoms with Crippen LogP contribution in [0, 0.1) is 5.82 Å². The largest absolute Gasteiger partial charge is 0.203 e. The standard InChI is InChI=1S/C4HCl2FN2/c5-3-1-2(7)4(6)9-8-3/h1H. The Morgan fingerprint density at radius 1 is 1.33 bits per heavy atom. The van der Waals surface area contributed by atoms with Gasteiger partial charge in [0.1, 0.15) is 0 Å². The van der Waals surface area contributed by atoms with Crippen molar-refractivity contribution in [2.45, 2.75) is 0 Å². The van der Waals surface area contributed by atoms with E-state index in [0.717, 1.165) is 6.07 Å². The third kappa shape index (κ3) is 1.50. The zero-order valence-electron chi connectivity index (χ0n) is 4.11. The van der Waals surface area contributed by atoms with Gasteiger partial charge in [0.2, 0.25) is 0 Å². The van der Waals surface area contributed by atoms with Crippen LogP contribution in [0.5, 0.6) is 0 Å². The Morgan fingerprint density at radius 2 is 2.00 bits per heavy atom. The first-order valence-electron chi connectivity index (χ1n) is 2.04.